The molecule has 1 aliphatic rings. The van der Waals surface area contributed by atoms with Gasteiger partial charge in [-0.3, -0.25) is 0 Å². The number of nitrogens with zero attached hydrogens (tertiary/aromatic N) is 1. The van der Waals surface area contributed by atoms with Crippen LogP contribution in [-0.4, -0.2) is 40.9 Å². The fraction of sp³-hybridized carbons (Fsp3) is 0.462. The van der Waals surface area contributed by atoms with Gasteiger partial charge < -0.3 is 19.8 Å². The van der Waals surface area contributed by atoms with Crippen LogP contribution in [0, 0.1) is 11.7 Å². The summed E-state index contributed by atoms with van der Waals surface area (Å²) in [5.41, 5.74) is 0. The number of hydrogen-bond acceptors (Lipinski definition) is 3. The number of amides is 1. The Hall–Kier alpha value is -1.98. The monoisotopic (exact) mass is 269 g/mol. The third kappa shape index (κ3) is 3.49. The van der Waals surface area contributed by atoms with Gasteiger partial charge in [-0.05, 0) is 25.0 Å². The number of aromatic hydroxyl groups is 1. The maximum atomic E-state index is 12.8. The van der Waals surface area contributed by atoms with E-state index in [4.69, 9.17) is 9.84 Å². The van der Waals surface area contributed by atoms with E-state index in [2.05, 4.69) is 0 Å². The first kappa shape index (κ1) is 13.5. The fourth-order valence-corrected chi connectivity index (χ4v) is 2.20. The van der Waals surface area contributed by atoms with Gasteiger partial charge in [0.1, 0.15) is 5.82 Å². The summed E-state index contributed by atoms with van der Waals surface area (Å²) in [6, 6.07) is 3.56. The summed E-state index contributed by atoms with van der Waals surface area (Å²) in [7, 11) is 0. The first-order valence-corrected chi connectivity index (χ1v) is 6.15. The molecule has 1 aromatic carbocycles. The number of piperidine rings is 1. The van der Waals surface area contributed by atoms with Crippen LogP contribution in [0.1, 0.15) is 12.8 Å². The average molecular weight is 269 g/mol. The average Bonchev–Trinajstić information content (AvgIpc) is 2.38. The van der Waals surface area contributed by atoms with Gasteiger partial charge in [0.15, 0.2) is 11.5 Å². The van der Waals surface area contributed by atoms with Gasteiger partial charge in [-0.1, -0.05) is 0 Å². The number of phenolic OH excluding ortho intramolecular Hbond substituents is 1. The van der Waals surface area contributed by atoms with E-state index in [1.807, 2.05) is 0 Å². The van der Waals surface area contributed by atoms with Gasteiger partial charge in [0.05, 0.1) is 6.61 Å². The molecule has 1 amide bonds. The highest BCUT2D eigenvalue weighted by molar-refractivity contribution is 5.65. The van der Waals surface area contributed by atoms with E-state index in [0.29, 0.717) is 19.7 Å². The molecule has 5 nitrogen and oxygen atoms in total. The van der Waals surface area contributed by atoms with Crippen molar-refractivity contribution in [3.05, 3.63) is 24.0 Å². The van der Waals surface area contributed by atoms with Crippen LogP contribution in [-0.2, 0) is 0 Å². The van der Waals surface area contributed by atoms with Crippen molar-refractivity contribution in [2.45, 2.75) is 12.8 Å². The molecule has 0 aromatic heterocycles. The van der Waals surface area contributed by atoms with Crippen LogP contribution >= 0.6 is 0 Å². The molecule has 0 bridgehead atoms. The van der Waals surface area contributed by atoms with Gasteiger partial charge in [-0.25, -0.2) is 9.18 Å². The molecule has 1 aromatic rings. The molecule has 2 N–H and O–H groups in total. The summed E-state index contributed by atoms with van der Waals surface area (Å²) in [5, 5.41) is 18.4. The Balaban J connectivity index is 1.89. The van der Waals surface area contributed by atoms with E-state index in [1.54, 1.807) is 0 Å². The SMILES string of the molecule is O=C(O)N1CCC[C@H](COc2ccc(F)cc2O)C1. The molecule has 2 rings (SSSR count). The lowest BCUT2D eigenvalue weighted by molar-refractivity contribution is 0.104. The predicted octanol–water partition coefficient (Wildman–Crippen LogP) is 2.30. The van der Waals surface area contributed by atoms with Gasteiger partial charge in [-0.2, -0.15) is 0 Å². The molecule has 1 heterocycles. The molecule has 1 fully saturated rings. The van der Waals surface area contributed by atoms with Crippen LogP contribution in [0.2, 0.25) is 0 Å². The Morgan fingerprint density at radius 1 is 1.53 bits per heavy atom. The second-order valence-electron chi connectivity index (χ2n) is 4.66. The molecule has 1 aliphatic heterocycles. The molecule has 0 saturated carbocycles. The Morgan fingerprint density at radius 3 is 3.00 bits per heavy atom. The molecule has 1 saturated heterocycles. The molecule has 0 aliphatic carbocycles. The van der Waals surface area contributed by atoms with Crippen LogP contribution in [0.15, 0.2) is 18.2 Å². The Morgan fingerprint density at radius 2 is 2.32 bits per heavy atom. The molecule has 1 atom stereocenters. The number of carboxylic acid groups (broad SMARTS) is 1. The summed E-state index contributed by atoms with van der Waals surface area (Å²) in [4.78, 5) is 12.2. The lowest BCUT2D eigenvalue weighted by Crippen LogP contribution is -2.40. The van der Waals surface area contributed by atoms with Crippen LogP contribution in [0.5, 0.6) is 11.5 Å². The highest BCUT2D eigenvalue weighted by Gasteiger charge is 2.23. The highest BCUT2D eigenvalue weighted by atomic mass is 19.1. The van der Waals surface area contributed by atoms with E-state index in [9.17, 15) is 14.3 Å². The predicted molar refractivity (Wildman–Crippen MR) is 65.9 cm³/mol. The van der Waals surface area contributed by atoms with Gasteiger partial charge in [0, 0.05) is 25.1 Å². The van der Waals surface area contributed by atoms with Crippen molar-refractivity contribution in [1.29, 1.82) is 0 Å². The minimum Gasteiger partial charge on any atom is -0.504 e. The Bertz CT molecular complexity index is 466. The van der Waals surface area contributed by atoms with Crippen molar-refractivity contribution in [2.75, 3.05) is 19.7 Å². The number of hydrogen-bond donors (Lipinski definition) is 2. The van der Waals surface area contributed by atoms with Gasteiger partial charge in [-0.15, -0.1) is 0 Å². The molecular formula is C13H16FNO4. The molecule has 104 valence electrons. The van der Waals surface area contributed by atoms with Gasteiger partial charge in [0.2, 0.25) is 0 Å². The first-order valence-electron chi connectivity index (χ1n) is 6.15. The smallest absolute Gasteiger partial charge is 0.407 e. The third-order valence-corrected chi connectivity index (χ3v) is 3.19. The third-order valence-electron chi connectivity index (χ3n) is 3.19. The van der Waals surface area contributed by atoms with E-state index in [0.717, 1.165) is 18.9 Å². The quantitative estimate of drug-likeness (QED) is 0.883. The summed E-state index contributed by atoms with van der Waals surface area (Å²) < 4.78 is 18.2. The van der Waals surface area contributed by atoms with Crippen molar-refractivity contribution >= 4 is 6.09 Å². The summed E-state index contributed by atoms with van der Waals surface area (Å²) in [6.07, 6.45) is 0.760. The van der Waals surface area contributed by atoms with E-state index in [1.165, 1.54) is 17.0 Å². The Kier molecular flexibility index (Phi) is 4.09. The summed E-state index contributed by atoms with van der Waals surface area (Å²) >= 11 is 0. The standard InChI is InChI=1S/C13H16FNO4/c14-10-3-4-12(11(16)6-10)19-8-9-2-1-5-15(7-9)13(17)18/h3-4,6,9,16H,1-2,5,7-8H2,(H,17,18)/t9-/m0/s1. The maximum absolute atomic E-state index is 12.8. The number of phenols is 1. The number of ether oxygens (including phenoxy) is 1. The number of rotatable bonds is 3. The molecular weight excluding hydrogens is 253 g/mol. The minimum absolute atomic E-state index is 0.0919. The lowest BCUT2D eigenvalue weighted by Gasteiger charge is -2.30. The molecule has 0 unspecified atom stereocenters. The van der Waals surface area contributed by atoms with Crippen LogP contribution in [0.4, 0.5) is 9.18 Å². The van der Waals surface area contributed by atoms with Crippen LogP contribution in [0.3, 0.4) is 0 Å². The normalized spacial score (nSPS) is 19.2. The van der Waals surface area contributed by atoms with Crippen LogP contribution in [0.25, 0.3) is 0 Å². The molecule has 0 spiro atoms. The zero-order valence-corrected chi connectivity index (χ0v) is 10.4. The number of halogens is 1. The van der Waals surface area contributed by atoms with Crippen molar-refractivity contribution in [3.8, 4) is 11.5 Å². The topological polar surface area (TPSA) is 70.0 Å². The van der Waals surface area contributed by atoms with E-state index in [-0.39, 0.29) is 17.4 Å². The van der Waals surface area contributed by atoms with Gasteiger partial charge in [0.25, 0.3) is 0 Å². The summed E-state index contributed by atoms with van der Waals surface area (Å²) in [6.45, 7) is 1.29. The van der Waals surface area contributed by atoms with E-state index >= 15 is 0 Å². The summed E-state index contributed by atoms with van der Waals surface area (Å²) in [5.74, 6) is -0.464. The number of likely N-dealkylation sites (tertiary alicyclic amines) is 1. The molecule has 0 radical (unpaired) electrons. The van der Waals surface area contributed by atoms with Crippen molar-refractivity contribution < 1.29 is 24.1 Å². The second-order valence-corrected chi connectivity index (χ2v) is 4.66. The van der Waals surface area contributed by atoms with Crippen molar-refractivity contribution in [1.82, 2.24) is 4.90 Å². The zero-order valence-electron chi connectivity index (χ0n) is 10.4. The lowest BCUT2D eigenvalue weighted by atomic mass is 9.99. The highest BCUT2D eigenvalue weighted by Crippen LogP contribution is 2.27. The first-order chi connectivity index (χ1) is 9.06. The minimum atomic E-state index is -0.922. The largest absolute Gasteiger partial charge is 0.504 e. The zero-order chi connectivity index (χ0) is 13.8. The molecule has 19 heavy (non-hydrogen) atoms. The molecule has 6 heteroatoms. The maximum Gasteiger partial charge on any atom is 0.407 e. The van der Waals surface area contributed by atoms with E-state index < -0.39 is 11.9 Å². The number of carbonyl (C=O) groups is 1. The second kappa shape index (κ2) is 5.77. The van der Waals surface area contributed by atoms with Crippen LogP contribution < -0.4 is 4.74 Å². The van der Waals surface area contributed by atoms with Crippen molar-refractivity contribution in [3.63, 3.8) is 0 Å². The van der Waals surface area contributed by atoms with Crippen molar-refractivity contribution in [2.24, 2.45) is 5.92 Å². The fourth-order valence-electron chi connectivity index (χ4n) is 2.20. The van der Waals surface area contributed by atoms with Gasteiger partial charge >= 0.3 is 6.09 Å². The Labute approximate surface area is 110 Å². The number of benzene rings is 1.